The van der Waals surface area contributed by atoms with E-state index in [-0.39, 0.29) is 6.23 Å². The molecule has 0 aromatic heterocycles. The number of rotatable bonds is 7. The van der Waals surface area contributed by atoms with Crippen molar-refractivity contribution in [2.24, 2.45) is 0 Å². The molecule has 0 bridgehead atoms. The highest BCUT2D eigenvalue weighted by Gasteiger charge is 2.28. The molecule has 1 unspecified atom stereocenters. The van der Waals surface area contributed by atoms with Gasteiger partial charge in [0.2, 0.25) is 5.75 Å². The summed E-state index contributed by atoms with van der Waals surface area (Å²) in [5.41, 5.74) is 2.04. The number of nitrogens with one attached hydrogen (secondary N) is 1. The van der Waals surface area contributed by atoms with Crippen molar-refractivity contribution in [2.75, 3.05) is 42.2 Å². The Kier molecular flexibility index (Phi) is 5.69. The normalized spacial score (nSPS) is 14.8. The van der Waals surface area contributed by atoms with Crippen LogP contribution in [0.25, 0.3) is 27.6 Å². The lowest BCUT2D eigenvalue weighted by molar-refractivity contribution is 0.0476. The lowest BCUT2D eigenvalue weighted by Crippen LogP contribution is -2.23. The van der Waals surface area contributed by atoms with Gasteiger partial charge >= 0.3 is 0 Å². The van der Waals surface area contributed by atoms with E-state index >= 15 is 0 Å². The van der Waals surface area contributed by atoms with Crippen LogP contribution in [0.5, 0.6) is 28.7 Å². The molecule has 1 aliphatic heterocycles. The van der Waals surface area contributed by atoms with E-state index in [4.69, 9.17) is 28.4 Å². The van der Waals surface area contributed by atoms with Crippen molar-refractivity contribution >= 4 is 27.6 Å². The number of methoxy groups -OCH3 is 5. The summed E-state index contributed by atoms with van der Waals surface area (Å²) in [6.07, 6.45) is 3.63. The Bertz CT molecular complexity index is 1170. The molecule has 0 fully saturated rings. The molecule has 0 aliphatic carbocycles. The molecule has 7 nitrogen and oxygen atoms in total. The molecule has 1 N–H and O–H groups in total. The molecule has 31 heavy (non-hydrogen) atoms. The van der Waals surface area contributed by atoms with Crippen molar-refractivity contribution in [3.05, 3.63) is 35.5 Å². The van der Waals surface area contributed by atoms with Crippen LogP contribution in [0.2, 0.25) is 0 Å². The van der Waals surface area contributed by atoms with Crippen LogP contribution >= 0.6 is 0 Å². The monoisotopic (exact) mass is 425 g/mol. The summed E-state index contributed by atoms with van der Waals surface area (Å²) in [5, 5.41) is 7.09. The maximum atomic E-state index is 6.03. The minimum atomic E-state index is -0.311. The molecule has 164 valence electrons. The highest BCUT2D eigenvalue weighted by molar-refractivity contribution is 6.17. The SMILES string of the molecule is CCOC1NC=Cc2c1c1cc(OC)c(OC)cc1c1c(OC)c(OC)c(OC)cc21. The molecule has 7 heteroatoms. The third-order valence-electron chi connectivity index (χ3n) is 5.59. The predicted octanol–water partition coefficient (Wildman–Crippen LogP) is 4.65. The van der Waals surface area contributed by atoms with Crippen LogP contribution in [0, 0.1) is 0 Å². The van der Waals surface area contributed by atoms with Crippen molar-refractivity contribution in [2.45, 2.75) is 13.2 Å². The molecule has 0 saturated heterocycles. The topological polar surface area (TPSA) is 67.4 Å². The Morgan fingerprint density at radius 3 is 1.94 bits per heavy atom. The highest BCUT2D eigenvalue weighted by Crippen LogP contribution is 2.51. The summed E-state index contributed by atoms with van der Waals surface area (Å²) in [7, 11) is 8.10. The van der Waals surface area contributed by atoms with Crippen LogP contribution in [0.1, 0.15) is 24.3 Å². The van der Waals surface area contributed by atoms with Crippen molar-refractivity contribution in [1.82, 2.24) is 5.32 Å². The average Bonchev–Trinajstić information content (AvgIpc) is 2.81. The average molecular weight is 425 g/mol. The lowest BCUT2D eigenvalue weighted by atomic mass is 9.88. The van der Waals surface area contributed by atoms with Gasteiger partial charge in [-0.3, -0.25) is 0 Å². The van der Waals surface area contributed by atoms with Gasteiger partial charge in [0.05, 0.1) is 35.5 Å². The van der Waals surface area contributed by atoms with Gasteiger partial charge < -0.3 is 33.7 Å². The molecule has 3 aromatic carbocycles. The van der Waals surface area contributed by atoms with Gasteiger partial charge in [-0.15, -0.1) is 0 Å². The second-order valence-corrected chi connectivity index (χ2v) is 6.98. The molecule has 1 aliphatic rings. The zero-order valence-corrected chi connectivity index (χ0v) is 18.6. The third kappa shape index (κ3) is 3.16. The first kappa shape index (κ1) is 20.9. The van der Waals surface area contributed by atoms with E-state index in [9.17, 15) is 0 Å². The van der Waals surface area contributed by atoms with Crippen LogP contribution in [0.15, 0.2) is 24.4 Å². The first-order valence-electron chi connectivity index (χ1n) is 10.0. The zero-order chi connectivity index (χ0) is 22.1. The van der Waals surface area contributed by atoms with Gasteiger partial charge in [0, 0.05) is 17.6 Å². The number of hydrogen-bond acceptors (Lipinski definition) is 7. The fourth-order valence-electron chi connectivity index (χ4n) is 4.30. The summed E-state index contributed by atoms with van der Waals surface area (Å²) in [4.78, 5) is 0. The van der Waals surface area contributed by atoms with Crippen LogP contribution in [0.4, 0.5) is 0 Å². The van der Waals surface area contributed by atoms with Crippen molar-refractivity contribution in [3.8, 4) is 28.7 Å². The van der Waals surface area contributed by atoms with Gasteiger partial charge in [-0.05, 0) is 59.1 Å². The molecule has 4 rings (SSSR count). The second-order valence-electron chi connectivity index (χ2n) is 6.98. The molecule has 3 aromatic rings. The lowest BCUT2D eigenvalue weighted by Gasteiger charge is -2.28. The zero-order valence-electron chi connectivity index (χ0n) is 18.6. The Morgan fingerprint density at radius 2 is 1.35 bits per heavy atom. The first-order valence-corrected chi connectivity index (χ1v) is 10.0. The molecule has 0 spiro atoms. The van der Waals surface area contributed by atoms with E-state index in [1.54, 1.807) is 35.5 Å². The summed E-state index contributed by atoms with van der Waals surface area (Å²) >= 11 is 0. The van der Waals surface area contributed by atoms with E-state index in [2.05, 4.69) is 5.32 Å². The standard InChI is InChI=1S/C24H27NO6/c1-7-31-24-21-13(8-9-25-24)14-12-19(28-4)22(29-5)23(30-6)20(14)15-10-17(26-2)18(27-3)11-16(15)21/h8-12,24-25H,7H2,1-6H3. The van der Waals surface area contributed by atoms with Crippen molar-refractivity contribution < 1.29 is 28.4 Å². The van der Waals surface area contributed by atoms with Gasteiger partial charge in [0.1, 0.15) is 0 Å². The Labute approximate surface area is 181 Å². The van der Waals surface area contributed by atoms with E-state index in [0.717, 1.165) is 32.7 Å². The fraction of sp³-hybridized carbons (Fsp3) is 0.333. The number of benzene rings is 3. The van der Waals surface area contributed by atoms with Crippen LogP contribution in [0.3, 0.4) is 0 Å². The number of hydrogen-bond donors (Lipinski definition) is 1. The van der Waals surface area contributed by atoms with Crippen LogP contribution in [-0.4, -0.2) is 42.2 Å². The van der Waals surface area contributed by atoms with Gasteiger partial charge in [0.25, 0.3) is 0 Å². The molecular formula is C24H27NO6. The number of ether oxygens (including phenoxy) is 6. The highest BCUT2D eigenvalue weighted by atomic mass is 16.5. The third-order valence-corrected chi connectivity index (χ3v) is 5.59. The number of fused-ring (bicyclic) bond motifs is 6. The minimum Gasteiger partial charge on any atom is -0.493 e. The van der Waals surface area contributed by atoms with E-state index in [1.807, 2.05) is 37.4 Å². The van der Waals surface area contributed by atoms with E-state index in [0.29, 0.717) is 35.4 Å². The molecule has 1 atom stereocenters. The maximum absolute atomic E-state index is 6.03. The summed E-state index contributed by atoms with van der Waals surface area (Å²) < 4.78 is 34.4. The molecule has 0 radical (unpaired) electrons. The second kappa shape index (κ2) is 8.43. The van der Waals surface area contributed by atoms with Crippen LogP contribution < -0.4 is 29.0 Å². The first-order chi connectivity index (χ1) is 15.1. The predicted molar refractivity (Wildman–Crippen MR) is 121 cm³/mol. The molecule has 1 heterocycles. The molecule has 0 amide bonds. The summed E-state index contributed by atoms with van der Waals surface area (Å²) in [6, 6.07) is 5.92. The van der Waals surface area contributed by atoms with Crippen LogP contribution in [-0.2, 0) is 4.74 Å². The van der Waals surface area contributed by atoms with Gasteiger partial charge in [-0.25, -0.2) is 0 Å². The largest absolute Gasteiger partial charge is 0.493 e. The van der Waals surface area contributed by atoms with Gasteiger partial charge in [-0.1, -0.05) is 0 Å². The quantitative estimate of drug-likeness (QED) is 0.553. The van der Waals surface area contributed by atoms with Gasteiger partial charge in [-0.2, -0.15) is 0 Å². The molecule has 0 saturated carbocycles. The van der Waals surface area contributed by atoms with E-state index in [1.165, 1.54) is 0 Å². The summed E-state index contributed by atoms with van der Waals surface area (Å²) in [5.74, 6) is 2.99. The van der Waals surface area contributed by atoms with Crippen molar-refractivity contribution in [3.63, 3.8) is 0 Å². The minimum absolute atomic E-state index is 0.311. The van der Waals surface area contributed by atoms with E-state index < -0.39 is 0 Å². The Morgan fingerprint density at radius 1 is 0.742 bits per heavy atom. The smallest absolute Gasteiger partial charge is 0.203 e. The summed E-state index contributed by atoms with van der Waals surface area (Å²) in [6.45, 7) is 2.54. The van der Waals surface area contributed by atoms with Gasteiger partial charge in [0.15, 0.2) is 29.2 Å². The maximum Gasteiger partial charge on any atom is 0.203 e. The Hall–Kier alpha value is -3.32. The van der Waals surface area contributed by atoms with Crippen molar-refractivity contribution in [1.29, 1.82) is 0 Å². The Balaban J connectivity index is 2.28. The fourth-order valence-corrected chi connectivity index (χ4v) is 4.30. The molecular weight excluding hydrogens is 398 g/mol.